The van der Waals surface area contributed by atoms with Gasteiger partial charge >= 0.3 is 5.97 Å². The Morgan fingerprint density at radius 2 is 1.72 bits per heavy atom. The van der Waals surface area contributed by atoms with Gasteiger partial charge in [-0.2, -0.15) is 0 Å². The lowest BCUT2D eigenvalue weighted by Gasteiger charge is -2.36. The smallest absolute Gasteiger partial charge is 0.355 e. The van der Waals surface area contributed by atoms with Gasteiger partial charge in [0.2, 0.25) is 0 Å². The van der Waals surface area contributed by atoms with Gasteiger partial charge in [-0.25, -0.2) is 19.2 Å². The molecule has 0 spiro atoms. The first kappa shape index (κ1) is 31.7. The first-order valence-corrected chi connectivity index (χ1v) is 17.2. The first-order valence-electron chi connectivity index (χ1n) is 14.3. The number of esters is 1. The Morgan fingerprint density at radius 3 is 2.35 bits per heavy atom. The Bertz CT molecular complexity index is 1590. The summed E-state index contributed by atoms with van der Waals surface area (Å²) in [5.74, 6) is -0.0677. The first-order chi connectivity index (χ1) is 20.1. The number of rotatable bonds is 9. The van der Waals surface area contributed by atoms with Crippen LogP contribution < -0.4 is 9.74 Å². The van der Waals surface area contributed by atoms with E-state index in [1.54, 1.807) is 57.2 Å². The summed E-state index contributed by atoms with van der Waals surface area (Å²) in [6.07, 6.45) is 4.95. The van der Waals surface area contributed by atoms with Gasteiger partial charge in [0.05, 0.1) is 23.8 Å². The van der Waals surface area contributed by atoms with Gasteiger partial charge in [-0.1, -0.05) is 57.2 Å². The molecule has 0 aliphatic rings. The largest absolute Gasteiger partial charge is 0.542 e. The van der Waals surface area contributed by atoms with Gasteiger partial charge in [-0.3, -0.25) is 0 Å². The van der Waals surface area contributed by atoms with E-state index in [-0.39, 0.29) is 22.0 Å². The minimum Gasteiger partial charge on any atom is -0.542 e. The summed E-state index contributed by atoms with van der Waals surface area (Å²) >= 11 is 0. The minimum absolute atomic E-state index is 0.0968. The molecule has 0 amide bonds. The summed E-state index contributed by atoms with van der Waals surface area (Å²) in [6, 6.07) is 18.3. The van der Waals surface area contributed by atoms with Crippen LogP contribution in [0.15, 0.2) is 83.2 Å². The fourth-order valence-corrected chi connectivity index (χ4v) is 4.93. The lowest BCUT2D eigenvalue weighted by atomic mass is 10.1. The van der Waals surface area contributed by atoms with E-state index < -0.39 is 25.7 Å². The van der Waals surface area contributed by atoms with E-state index in [0.29, 0.717) is 29.4 Å². The summed E-state index contributed by atoms with van der Waals surface area (Å²) in [7, 11) is -2.29. The molecule has 7 nitrogen and oxygen atoms in total. The summed E-state index contributed by atoms with van der Waals surface area (Å²) < 4.78 is 33.4. The van der Waals surface area contributed by atoms with Crippen LogP contribution in [-0.2, 0) is 16.0 Å². The van der Waals surface area contributed by atoms with Gasteiger partial charge in [0, 0.05) is 18.1 Å². The molecule has 0 bridgehead atoms. The highest BCUT2D eigenvalue weighted by molar-refractivity contribution is 6.74. The zero-order chi connectivity index (χ0) is 31.4. The highest BCUT2D eigenvalue weighted by Gasteiger charge is 2.39. The molecule has 4 aromatic rings. The van der Waals surface area contributed by atoms with E-state index in [1.807, 2.05) is 30.3 Å². The third-order valence-corrected chi connectivity index (χ3v) is 11.5. The van der Waals surface area contributed by atoms with Crippen LogP contribution in [0.2, 0.25) is 18.1 Å². The van der Waals surface area contributed by atoms with Crippen molar-refractivity contribution in [3.63, 3.8) is 0 Å². The Balaban J connectivity index is 1.77. The number of aromatic nitrogens is 2. The van der Waals surface area contributed by atoms with Crippen molar-refractivity contribution in [3.8, 4) is 17.0 Å². The van der Waals surface area contributed by atoms with Crippen LogP contribution in [0.1, 0.15) is 58.6 Å². The molecular weight excluding hydrogens is 561 g/mol. The maximum Gasteiger partial charge on any atom is 0.355 e. The molecule has 226 valence electrons. The number of halogens is 1. The fourth-order valence-electron chi connectivity index (χ4n) is 3.91. The molecule has 0 saturated carbocycles. The maximum absolute atomic E-state index is 16.0. The second kappa shape index (κ2) is 12.5. The number of nitrogens with one attached hydrogen (secondary N) is 1. The number of nitrogens with zero attached hydrogens (tertiary/aromatic N) is 2. The summed E-state index contributed by atoms with van der Waals surface area (Å²) in [5.41, 5.74) is 1.52. The van der Waals surface area contributed by atoms with E-state index in [9.17, 15) is 4.79 Å². The lowest BCUT2D eigenvalue weighted by molar-refractivity contribution is -0.149. The van der Waals surface area contributed by atoms with Crippen molar-refractivity contribution >= 4 is 26.2 Å². The van der Waals surface area contributed by atoms with E-state index in [0.717, 1.165) is 5.56 Å². The van der Waals surface area contributed by atoms with Crippen molar-refractivity contribution in [2.45, 2.75) is 71.7 Å². The topological polar surface area (TPSA) is 86.5 Å². The van der Waals surface area contributed by atoms with E-state index in [4.69, 9.17) is 18.6 Å². The predicted molar refractivity (Wildman–Crippen MR) is 171 cm³/mol. The number of anilines is 1. The average molecular weight is 602 g/mol. The number of ether oxygens (including phenoxy) is 1. The molecule has 43 heavy (non-hydrogen) atoms. The maximum atomic E-state index is 16.0. The Morgan fingerprint density at radius 1 is 1.00 bits per heavy atom. The second-order valence-electron chi connectivity index (χ2n) is 12.9. The normalized spacial score (nSPS) is 12.6. The predicted octanol–water partition coefficient (Wildman–Crippen LogP) is 8.65. The standard InChI is InChI=1S/C34H40FN3O4Si/c1-33(2,3)41-32(39)27(21-24-16-13-19-40-24)38-31-26(20-23-14-10-9-11-15-23)37-28(22-36-31)25-17-12-18-29(30(25)35)42-43(7,8)34(4,5)6/h9-19,21-22H,20H2,1-8H3,(H,36,38)/b27-21-. The molecule has 0 atom stereocenters. The fraction of sp³-hybridized carbons (Fsp3) is 0.324. The third-order valence-electron chi connectivity index (χ3n) is 7.17. The molecule has 0 aliphatic carbocycles. The Labute approximate surface area is 254 Å². The molecule has 2 heterocycles. The molecular formula is C34H40FN3O4Si. The van der Waals surface area contributed by atoms with E-state index in [1.165, 1.54) is 12.5 Å². The van der Waals surface area contributed by atoms with Crippen molar-refractivity contribution in [1.82, 2.24) is 9.97 Å². The quantitative estimate of drug-likeness (QED) is 0.117. The number of benzene rings is 2. The van der Waals surface area contributed by atoms with Crippen molar-refractivity contribution in [1.29, 1.82) is 0 Å². The number of carbonyl (C=O) groups is 1. The molecule has 0 saturated heterocycles. The third kappa shape index (κ3) is 8.19. The van der Waals surface area contributed by atoms with Crippen molar-refractivity contribution in [2.75, 3.05) is 5.32 Å². The van der Waals surface area contributed by atoms with Crippen LogP contribution in [0.25, 0.3) is 17.3 Å². The molecule has 0 aliphatic heterocycles. The molecule has 0 fully saturated rings. The van der Waals surface area contributed by atoms with Gasteiger partial charge < -0.3 is 18.9 Å². The Kier molecular flexibility index (Phi) is 9.25. The van der Waals surface area contributed by atoms with Crippen molar-refractivity contribution < 1.29 is 22.8 Å². The second-order valence-corrected chi connectivity index (χ2v) is 17.6. The van der Waals surface area contributed by atoms with Crippen LogP contribution >= 0.6 is 0 Å². The number of furan rings is 1. The number of carbonyl (C=O) groups excluding carboxylic acids is 1. The molecule has 2 aromatic carbocycles. The molecule has 9 heteroatoms. The summed E-state index contributed by atoms with van der Waals surface area (Å²) in [6.45, 7) is 15.9. The van der Waals surface area contributed by atoms with Crippen molar-refractivity contribution in [3.05, 3.63) is 102 Å². The molecule has 4 rings (SSSR count). The molecule has 1 N–H and O–H groups in total. The zero-order valence-corrected chi connectivity index (χ0v) is 27.1. The number of hydrogen-bond donors (Lipinski definition) is 1. The van der Waals surface area contributed by atoms with Crippen LogP contribution in [0.4, 0.5) is 10.2 Å². The van der Waals surface area contributed by atoms with Gasteiger partial charge in [0.1, 0.15) is 22.8 Å². The van der Waals surface area contributed by atoms with Gasteiger partial charge in [0.25, 0.3) is 8.32 Å². The highest BCUT2D eigenvalue weighted by atomic mass is 28.4. The SMILES string of the molecule is CC(C)(C)OC(=O)/C(=C/c1ccco1)Nc1ncc(-c2cccc(O[Si](C)(C)C(C)(C)C)c2F)nc1Cc1ccccc1. The lowest BCUT2D eigenvalue weighted by Crippen LogP contribution is -2.44. The van der Waals surface area contributed by atoms with Crippen LogP contribution in [0, 0.1) is 5.82 Å². The van der Waals surface area contributed by atoms with Gasteiger partial charge in [0.15, 0.2) is 11.6 Å². The molecule has 0 unspecified atom stereocenters. The monoisotopic (exact) mass is 601 g/mol. The summed E-state index contributed by atoms with van der Waals surface area (Å²) in [4.78, 5) is 22.7. The van der Waals surface area contributed by atoms with Crippen LogP contribution in [0.5, 0.6) is 5.75 Å². The highest BCUT2D eigenvalue weighted by Crippen LogP contribution is 2.39. The minimum atomic E-state index is -2.29. The van der Waals surface area contributed by atoms with E-state index in [2.05, 4.69) is 44.2 Å². The van der Waals surface area contributed by atoms with Gasteiger partial charge in [-0.05, 0) is 68.7 Å². The Hall–Kier alpha value is -4.24. The number of hydrogen-bond acceptors (Lipinski definition) is 7. The van der Waals surface area contributed by atoms with Crippen LogP contribution in [-0.4, -0.2) is 29.9 Å². The molecule has 0 radical (unpaired) electrons. The van der Waals surface area contributed by atoms with E-state index >= 15 is 4.39 Å². The summed E-state index contributed by atoms with van der Waals surface area (Å²) in [5, 5.41) is 3.02. The van der Waals surface area contributed by atoms with Crippen LogP contribution in [0.3, 0.4) is 0 Å². The average Bonchev–Trinajstić information content (AvgIpc) is 3.42. The van der Waals surface area contributed by atoms with Crippen molar-refractivity contribution in [2.24, 2.45) is 0 Å². The zero-order valence-electron chi connectivity index (χ0n) is 26.1. The molecule has 2 aromatic heterocycles. The van der Waals surface area contributed by atoms with Gasteiger partial charge in [-0.15, -0.1) is 0 Å².